The SMILES string of the molecule is NCC(=O)NOCC(F)(F)F. The number of halogens is 3. The van der Waals surface area contributed by atoms with E-state index in [9.17, 15) is 18.0 Å². The van der Waals surface area contributed by atoms with Crippen LogP contribution in [0, 0.1) is 0 Å². The van der Waals surface area contributed by atoms with Gasteiger partial charge in [0.15, 0.2) is 6.61 Å². The van der Waals surface area contributed by atoms with E-state index in [-0.39, 0.29) is 0 Å². The van der Waals surface area contributed by atoms with Crippen LogP contribution in [0.4, 0.5) is 13.2 Å². The second-order valence-electron chi connectivity index (χ2n) is 1.63. The van der Waals surface area contributed by atoms with E-state index >= 15 is 0 Å². The molecule has 0 radical (unpaired) electrons. The zero-order valence-corrected chi connectivity index (χ0v) is 5.44. The molecule has 11 heavy (non-hydrogen) atoms. The number of amides is 1. The summed E-state index contributed by atoms with van der Waals surface area (Å²) in [6, 6.07) is 0. The third-order valence-electron chi connectivity index (χ3n) is 0.607. The van der Waals surface area contributed by atoms with Crippen LogP contribution in [0.2, 0.25) is 0 Å². The number of carbonyl (C=O) groups is 1. The average Bonchev–Trinajstić information content (AvgIpc) is 1.85. The molecule has 4 nitrogen and oxygen atoms in total. The van der Waals surface area contributed by atoms with Gasteiger partial charge in [-0.15, -0.1) is 0 Å². The highest BCUT2D eigenvalue weighted by atomic mass is 19.4. The van der Waals surface area contributed by atoms with Crippen molar-refractivity contribution in [2.45, 2.75) is 6.18 Å². The number of hydroxylamine groups is 1. The Kier molecular flexibility index (Phi) is 3.83. The molecule has 0 spiro atoms. The van der Waals surface area contributed by atoms with Crippen molar-refractivity contribution in [1.29, 1.82) is 0 Å². The fourth-order valence-electron chi connectivity index (χ4n) is 0.240. The quantitative estimate of drug-likeness (QED) is 0.567. The smallest absolute Gasteiger partial charge is 0.322 e. The third-order valence-corrected chi connectivity index (χ3v) is 0.607. The Bertz CT molecular complexity index is 136. The highest BCUT2D eigenvalue weighted by molar-refractivity contribution is 5.76. The van der Waals surface area contributed by atoms with Gasteiger partial charge in [-0.1, -0.05) is 0 Å². The molecule has 0 aromatic heterocycles. The Morgan fingerprint density at radius 3 is 2.45 bits per heavy atom. The van der Waals surface area contributed by atoms with Crippen LogP contribution in [0.25, 0.3) is 0 Å². The van der Waals surface area contributed by atoms with Gasteiger partial charge < -0.3 is 5.73 Å². The number of rotatable bonds is 3. The summed E-state index contributed by atoms with van der Waals surface area (Å²) in [6.45, 7) is -1.92. The van der Waals surface area contributed by atoms with Crippen LogP contribution in [0.5, 0.6) is 0 Å². The summed E-state index contributed by atoms with van der Waals surface area (Å²) in [5.41, 5.74) is 6.25. The molecule has 0 aromatic carbocycles. The minimum absolute atomic E-state index is 0.405. The van der Waals surface area contributed by atoms with Gasteiger partial charge in [-0.2, -0.15) is 13.2 Å². The summed E-state index contributed by atoms with van der Waals surface area (Å²) in [4.78, 5) is 13.9. The first-order valence-corrected chi connectivity index (χ1v) is 2.63. The maximum atomic E-state index is 11.3. The van der Waals surface area contributed by atoms with Gasteiger partial charge in [0.1, 0.15) is 0 Å². The molecular weight excluding hydrogens is 165 g/mol. The lowest BCUT2D eigenvalue weighted by Gasteiger charge is -2.06. The summed E-state index contributed by atoms with van der Waals surface area (Å²) in [5, 5.41) is 0. The van der Waals surface area contributed by atoms with E-state index in [4.69, 9.17) is 5.73 Å². The van der Waals surface area contributed by atoms with Crippen LogP contribution in [-0.2, 0) is 9.63 Å². The maximum Gasteiger partial charge on any atom is 0.414 e. The Labute approximate surface area is 60.4 Å². The van der Waals surface area contributed by atoms with Crippen molar-refractivity contribution in [2.24, 2.45) is 5.73 Å². The molecule has 0 aliphatic rings. The number of hydrogen-bond acceptors (Lipinski definition) is 3. The zero-order chi connectivity index (χ0) is 8.91. The summed E-state index contributed by atoms with van der Waals surface area (Å²) < 4.78 is 33.9. The molecule has 0 aliphatic carbocycles. The molecule has 1 amide bonds. The van der Waals surface area contributed by atoms with Gasteiger partial charge in [0.2, 0.25) is 0 Å². The Hall–Kier alpha value is -0.820. The van der Waals surface area contributed by atoms with Gasteiger partial charge in [-0.25, -0.2) is 5.48 Å². The predicted molar refractivity (Wildman–Crippen MR) is 29.2 cm³/mol. The van der Waals surface area contributed by atoms with Crippen LogP contribution < -0.4 is 11.2 Å². The summed E-state index contributed by atoms with van der Waals surface area (Å²) in [6.07, 6.45) is -4.44. The van der Waals surface area contributed by atoms with Crippen LogP contribution >= 0.6 is 0 Å². The van der Waals surface area contributed by atoms with Crippen molar-refractivity contribution in [2.75, 3.05) is 13.2 Å². The van der Waals surface area contributed by atoms with E-state index in [2.05, 4.69) is 4.84 Å². The molecule has 0 saturated heterocycles. The lowest BCUT2D eigenvalue weighted by Crippen LogP contribution is -2.33. The molecule has 0 rings (SSSR count). The van der Waals surface area contributed by atoms with Crippen LogP contribution in [-0.4, -0.2) is 25.2 Å². The van der Waals surface area contributed by atoms with Crippen molar-refractivity contribution in [3.05, 3.63) is 0 Å². The lowest BCUT2D eigenvalue weighted by molar-refractivity contribution is -0.191. The molecular formula is C4H7F3N2O2. The molecule has 7 heteroatoms. The van der Waals surface area contributed by atoms with Crippen LogP contribution in [0.1, 0.15) is 0 Å². The molecule has 0 unspecified atom stereocenters. The minimum Gasteiger partial charge on any atom is -0.322 e. The van der Waals surface area contributed by atoms with Crippen LogP contribution in [0.15, 0.2) is 0 Å². The first kappa shape index (κ1) is 10.2. The van der Waals surface area contributed by atoms with E-state index < -0.39 is 25.2 Å². The molecule has 0 atom stereocenters. The highest BCUT2D eigenvalue weighted by Gasteiger charge is 2.28. The topological polar surface area (TPSA) is 64.4 Å². The number of carbonyl (C=O) groups excluding carboxylic acids is 1. The zero-order valence-electron chi connectivity index (χ0n) is 5.44. The lowest BCUT2D eigenvalue weighted by atomic mass is 10.6. The maximum absolute atomic E-state index is 11.3. The minimum atomic E-state index is -4.44. The first-order valence-electron chi connectivity index (χ1n) is 2.63. The standard InChI is InChI=1S/C4H7F3N2O2/c5-4(6,7)2-11-9-3(10)1-8/h1-2,8H2,(H,9,10). The van der Waals surface area contributed by atoms with E-state index in [0.717, 1.165) is 0 Å². The normalized spacial score (nSPS) is 11.3. The van der Waals surface area contributed by atoms with E-state index in [1.807, 2.05) is 0 Å². The van der Waals surface area contributed by atoms with Gasteiger partial charge in [-0.05, 0) is 0 Å². The van der Waals surface area contributed by atoms with E-state index in [1.54, 1.807) is 0 Å². The largest absolute Gasteiger partial charge is 0.414 e. The molecule has 0 heterocycles. The van der Waals surface area contributed by atoms with Crippen LogP contribution in [0.3, 0.4) is 0 Å². The van der Waals surface area contributed by atoms with Crippen molar-refractivity contribution >= 4 is 5.91 Å². The Morgan fingerprint density at radius 1 is 1.55 bits per heavy atom. The fourth-order valence-corrected chi connectivity index (χ4v) is 0.240. The van der Waals surface area contributed by atoms with E-state index in [1.165, 1.54) is 5.48 Å². The van der Waals surface area contributed by atoms with Gasteiger partial charge in [0.05, 0.1) is 6.54 Å². The number of nitrogens with two attached hydrogens (primary N) is 1. The second-order valence-corrected chi connectivity index (χ2v) is 1.63. The number of hydrogen-bond donors (Lipinski definition) is 2. The van der Waals surface area contributed by atoms with Crippen molar-refractivity contribution < 1.29 is 22.8 Å². The molecule has 0 saturated carbocycles. The van der Waals surface area contributed by atoms with Gasteiger partial charge in [0, 0.05) is 0 Å². The molecule has 0 aromatic rings. The van der Waals surface area contributed by atoms with Crippen molar-refractivity contribution in [1.82, 2.24) is 5.48 Å². The number of nitrogens with one attached hydrogen (secondary N) is 1. The predicted octanol–water partition coefficient (Wildman–Crippen LogP) is -0.445. The molecule has 0 fully saturated rings. The van der Waals surface area contributed by atoms with Gasteiger partial charge >= 0.3 is 6.18 Å². The second kappa shape index (κ2) is 4.14. The summed E-state index contributed by atoms with van der Waals surface area (Å²) in [7, 11) is 0. The van der Waals surface area contributed by atoms with Crippen molar-refractivity contribution in [3.63, 3.8) is 0 Å². The average molecular weight is 172 g/mol. The molecule has 3 N–H and O–H groups in total. The summed E-state index contributed by atoms with van der Waals surface area (Å²) in [5.74, 6) is -0.797. The monoisotopic (exact) mass is 172 g/mol. The van der Waals surface area contributed by atoms with Crippen molar-refractivity contribution in [3.8, 4) is 0 Å². The Morgan fingerprint density at radius 2 is 2.09 bits per heavy atom. The summed E-state index contributed by atoms with van der Waals surface area (Å²) >= 11 is 0. The molecule has 0 bridgehead atoms. The van der Waals surface area contributed by atoms with E-state index in [0.29, 0.717) is 0 Å². The number of alkyl halides is 3. The Balaban J connectivity index is 3.35. The third kappa shape index (κ3) is 7.07. The molecule has 66 valence electrons. The van der Waals surface area contributed by atoms with Gasteiger partial charge in [0.25, 0.3) is 5.91 Å². The highest BCUT2D eigenvalue weighted by Crippen LogP contribution is 2.13. The van der Waals surface area contributed by atoms with Gasteiger partial charge in [-0.3, -0.25) is 9.63 Å². The molecule has 0 aliphatic heterocycles. The fraction of sp³-hybridized carbons (Fsp3) is 0.750. The first-order chi connectivity index (χ1) is 4.95.